The van der Waals surface area contributed by atoms with E-state index in [0.29, 0.717) is 30.9 Å². The number of ether oxygens (including phenoxy) is 2. The maximum absolute atomic E-state index is 12.2. The second kappa shape index (κ2) is 9.06. The molecule has 0 bridgehead atoms. The molecule has 0 saturated carbocycles. The minimum absolute atomic E-state index is 0.167. The highest BCUT2D eigenvalue weighted by molar-refractivity contribution is 5.97. The van der Waals surface area contributed by atoms with E-state index >= 15 is 0 Å². The van der Waals surface area contributed by atoms with Crippen LogP contribution in [0.1, 0.15) is 58.3 Å². The van der Waals surface area contributed by atoms with Gasteiger partial charge in [-0.3, -0.25) is 4.79 Å². The fourth-order valence-electron chi connectivity index (χ4n) is 2.63. The molecule has 0 saturated heterocycles. The van der Waals surface area contributed by atoms with Gasteiger partial charge in [0.15, 0.2) is 5.78 Å². The Balaban J connectivity index is 1.70. The average Bonchev–Trinajstić information content (AvgIpc) is 2.93. The minimum Gasteiger partial charge on any atom is -0.494 e. The standard InChI is InChI=1S/C20H25NO4/c1-4-24-20(23)16-8-10-17(11-9-16)25-12-6-5-7-19(22)18-13-14(2)21-15(18)3/h8-11,13,21H,4-7,12H2,1-3H3. The number of benzene rings is 1. The van der Waals surface area contributed by atoms with Gasteiger partial charge in [-0.25, -0.2) is 4.79 Å². The lowest BCUT2D eigenvalue weighted by Gasteiger charge is -2.07. The Bertz CT molecular complexity index is 716. The zero-order valence-electron chi connectivity index (χ0n) is 15.1. The molecule has 5 nitrogen and oxygen atoms in total. The topological polar surface area (TPSA) is 68.4 Å². The molecule has 1 N–H and O–H groups in total. The number of nitrogens with one attached hydrogen (secondary N) is 1. The molecule has 0 radical (unpaired) electrons. The molecule has 2 aromatic rings. The second-order valence-corrected chi connectivity index (χ2v) is 5.96. The van der Waals surface area contributed by atoms with Crippen LogP contribution in [-0.2, 0) is 4.74 Å². The Morgan fingerprint density at radius 3 is 2.40 bits per heavy atom. The number of rotatable bonds is 9. The van der Waals surface area contributed by atoms with Gasteiger partial charge in [0, 0.05) is 23.4 Å². The summed E-state index contributed by atoms with van der Waals surface area (Å²) in [4.78, 5) is 26.9. The smallest absolute Gasteiger partial charge is 0.338 e. The van der Waals surface area contributed by atoms with Crippen LogP contribution in [0.3, 0.4) is 0 Å². The first-order chi connectivity index (χ1) is 12.0. The van der Waals surface area contributed by atoms with Gasteiger partial charge in [-0.1, -0.05) is 0 Å². The van der Waals surface area contributed by atoms with Crippen LogP contribution in [0.4, 0.5) is 0 Å². The van der Waals surface area contributed by atoms with E-state index in [1.54, 1.807) is 31.2 Å². The van der Waals surface area contributed by atoms with E-state index < -0.39 is 0 Å². The number of ketones is 1. The summed E-state index contributed by atoms with van der Waals surface area (Å²) in [6.45, 7) is 6.54. The summed E-state index contributed by atoms with van der Waals surface area (Å²) in [5.74, 6) is 0.542. The molecule has 0 unspecified atom stereocenters. The predicted molar refractivity (Wildman–Crippen MR) is 96.3 cm³/mol. The number of carbonyl (C=O) groups excluding carboxylic acids is 2. The number of aryl methyl sites for hydroxylation is 2. The number of H-pyrrole nitrogens is 1. The van der Waals surface area contributed by atoms with Crippen LogP contribution in [0.25, 0.3) is 0 Å². The average molecular weight is 343 g/mol. The highest BCUT2D eigenvalue weighted by Gasteiger charge is 2.11. The molecule has 1 heterocycles. The number of carbonyl (C=O) groups is 2. The highest BCUT2D eigenvalue weighted by Crippen LogP contribution is 2.15. The summed E-state index contributed by atoms with van der Waals surface area (Å²) >= 11 is 0. The summed E-state index contributed by atoms with van der Waals surface area (Å²) in [5.41, 5.74) is 3.24. The van der Waals surface area contributed by atoms with Crippen molar-refractivity contribution in [1.82, 2.24) is 4.98 Å². The van der Waals surface area contributed by atoms with Gasteiger partial charge in [0.2, 0.25) is 0 Å². The molecule has 2 rings (SSSR count). The Kier molecular flexibility index (Phi) is 6.81. The van der Waals surface area contributed by atoms with Gasteiger partial charge in [-0.05, 0) is 63.9 Å². The van der Waals surface area contributed by atoms with Crippen molar-refractivity contribution in [1.29, 1.82) is 0 Å². The number of esters is 1. The van der Waals surface area contributed by atoms with E-state index in [2.05, 4.69) is 4.98 Å². The molecule has 25 heavy (non-hydrogen) atoms. The first-order valence-corrected chi connectivity index (χ1v) is 8.60. The van der Waals surface area contributed by atoms with Gasteiger partial charge in [-0.15, -0.1) is 0 Å². The molecular formula is C20H25NO4. The van der Waals surface area contributed by atoms with E-state index in [0.717, 1.165) is 29.8 Å². The van der Waals surface area contributed by atoms with Gasteiger partial charge in [0.25, 0.3) is 0 Å². The Hall–Kier alpha value is -2.56. The summed E-state index contributed by atoms with van der Waals surface area (Å²) in [6.07, 6.45) is 2.10. The van der Waals surface area contributed by atoms with Crippen LogP contribution in [0.2, 0.25) is 0 Å². The first-order valence-electron chi connectivity index (χ1n) is 8.60. The van der Waals surface area contributed by atoms with Crippen molar-refractivity contribution in [2.24, 2.45) is 0 Å². The third-order valence-corrected chi connectivity index (χ3v) is 3.88. The van der Waals surface area contributed by atoms with E-state index in [1.807, 2.05) is 19.9 Å². The van der Waals surface area contributed by atoms with Crippen LogP contribution < -0.4 is 4.74 Å². The largest absolute Gasteiger partial charge is 0.494 e. The van der Waals surface area contributed by atoms with Crippen molar-refractivity contribution in [3.8, 4) is 5.75 Å². The SMILES string of the molecule is CCOC(=O)c1ccc(OCCCCC(=O)c2cc(C)[nH]c2C)cc1. The quantitative estimate of drug-likeness (QED) is 0.420. The van der Waals surface area contributed by atoms with Crippen molar-refractivity contribution >= 4 is 11.8 Å². The summed E-state index contributed by atoms with van der Waals surface area (Å²) in [6, 6.07) is 8.79. The van der Waals surface area contributed by atoms with Crippen LogP contribution in [-0.4, -0.2) is 30.0 Å². The van der Waals surface area contributed by atoms with Crippen molar-refractivity contribution in [2.45, 2.75) is 40.0 Å². The molecule has 0 spiro atoms. The third kappa shape index (κ3) is 5.48. The van der Waals surface area contributed by atoms with Crippen molar-refractivity contribution in [2.75, 3.05) is 13.2 Å². The second-order valence-electron chi connectivity index (χ2n) is 5.96. The maximum atomic E-state index is 12.2. The van der Waals surface area contributed by atoms with Crippen LogP contribution in [0, 0.1) is 13.8 Å². The number of hydrogen-bond donors (Lipinski definition) is 1. The van der Waals surface area contributed by atoms with Crippen molar-refractivity contribution < 1.29 is 19.1 Å². The number of aromatic amines is 1. The van der Waals surface area contributed by atoms with Gasteiger partial charge in [0.1, 0.15) is 5.75 Å². The molecule has 0 aliphatic heterocycles. The summed E-state index contributed by atoms with van der Waals surface area (Å²) in [7, 11) is 0. The Morgan fingerprint density at radius 1 is 1.08 bits per heavy atom. The lowest BCUT2D eigenvalue weighted by molar-refractivity contribution is 0.0526. The number of unbranched alkanes of at least 4 members (excludes halogenated alkanes) is 1. The molecule has 0 aliphatic rings. The molecule has 0 fully saturated rings. The Labute approximate surface area is 148 Å². The first kappa shape index (κ1) is 18.8. The molecule has 1 aromatic heterocycles. The molecule has 0 aliphatic carbocycles. The molecule has 0 atom stereocenters. The summed E-state index contributed by atoms with van der Waals surface area (Å²) in [5, 5.41) is 0. The lowest BCUT2D eigenvalue weighted by Crippen LogP contribution is -2.05. The fraction of sp³-hybridized carbons (Fsp3) is 0.400. The number of aromatic nitrogens is 1. The normalized spacial score (nSPS) is 10.5. The van der Waals surface area contributed by atoms with Crippen LogP contribution >= 0.6 is 0 Å². The van der Waals surface area contributed by atoms with Crippen LogP contribution in [0.15, 0.2) is 30.3 Å². The predicted octanol–water partition coefficient (Wildman–Crippen LogP) is 4.24. The zero-order valence-corrected chi connectivity index (χ0v) is 15.1. The minimum atomic E-state index is -0.331. The van der Waals surface area contributed by atoms with E-state index in [1.165, 1.54) is 0 Å². The van der Waals surface area contributed by atoms with Gasteiger partial charge in [-0.2, -0.15) is 0 Å². The molecule has 134 valence electrons. The molecular weight excluding hydrogens is 318 g/mol. The fourth-order valence-corrected chi connectivity index (χ4v) is 2.63. The van der Waals surface area contributed by atoms with Crippen LogP contribution in [0.5, 0.6) is 5.75 Å². The van der Waals surface area contributed by atoms with Gasteiger partial charge >= 0.3 is 5.97 Å². The van der Waals surface area contributed by atoms with Gasteiger partial charge in [0.05, 0.1) is 18.8 Å². The zero-order chi connectivity index (χ0) is 18.2. The monoisotopic (exact) mass is 343 g/mol. The Morgan fingerprint density at radius 2 is 1.80 bits per heavy atom. The van der Waals surface area contributed by atoms with E-state index in [-0.39, 0.29) is 11.8 Å². The summed E-state index contributed by atoms with van der Waals surface area (Å²) < 4.78 is 10.6. The van der Waals surface area contributed by atoms with Gasteiger partial charge < -0.3 is 14.5 Å². The van der Waals surface area contributed by atoms with Crippen molar-refractivity contribution in [3.63, 3.8) is 0 Å². The maximum Gasteiger partial charge on any atom is 0.338 e. The molecule has 1 aromatic carbocycles. The molecule has 0 amide bonds. The van der Waals surface area contributed by atoms with E-state index in [9.17, 15) is 9.59 Å². The number of Topliss-reactive ketones (excluding diaryl/α,β-unsaturated/α-hetero) is 1. The van der Waals surface area contributed by atoms with Crippen molar-refractivity contribution in [3.05, 3.63) is 52.8 Å². The number of hydrogen-bond acceptors (Lipinski definition) is 4. The highest BCUT2D eigenvalue weighted by atomic mass is 16.5. The lowest BCUT2D eigenvalue weighted by atomic mass is 10.1. The van der Waals surface area contributed by atoms with E-state index in [4.69, 9.17) is 9.47 Å². The molecule has 5 heteroatoms. The third-order valence-electron chi connectivity index (χ3n) is 3.88.